The van der Waals surface area contributed by atoms with Crippen LogP contribution >= 0.6 is 7.60 Å². The van der Waals surface area contributed by atoms with Gasteiger partial charge >= 0.3 is 13.6 Å². The maximum atomic E-state index is 13.2. The molecule has 0 spiro atoms. The van der Waals surface area contributed by atoms with E-state index in [1.165, 1.54) is 4.68 Å². The Kier molecular flexibility index (Phi) is 6.36. The number of carbonyl (C=O) groups excluding carboxylic acids is 1. The van der Waals surface area contributed by atoms with Crippen LogP contribution < -0.4 is 11.2 Å². The van der Waals surface area contributed by atoms with Crippen LogP contribution in [0.25, 0.3) is 5.69 Å². The van der Waals surface area contributed by atoms with Gasteiger partial charge in [0.15, 0.2) is 5.44 Å². The van der Waals surface area contributed by atoms with E-state index in [-0.39, 0.29) is 36.6 Å². The van der Waals surface area contributed by atoms with E-state index < -0.39 is 13.6 Å². The summed E-state index contributed by atoms with van der Waals surface area (Å²) in [6.07, 6.45) is 0. The van der Waals surface area contributed by atoms with Gasteiger partial charge in [-0.2, -0.15) is 5.10 Å². The van der Waals surface area contributed by atoms with E-state index in [9.17, 15) is 9.36 Å². The Morgan fingerprint density at radius 3 is 2.24 bits per heavy atom. The first-order valence-corrected chi connectivity index (χ1v) is 9.53. The van der Waals surface area contributed by atoms with Gasteiger partial charge in [0.2, 0.25) is 0 Å². The molecule has 0 aliphatic carbocycles. The molecule has 0 bridgehead atoms. The molecule has 0 aliphatic rings. The van der Waals surface area contributed by atoms with Gasteiger partial charge in [0.1, 0.15) is 11.4 Å². The smallest absolute Gasteiger partial charge is 0.382 e. The second kappa shape index (κ2) is 8.29. The Labute approximate surface area is 146 Å². The normalized spacial score (nSPS) is 11.5. The molecule has 0 saturated carbocycles. The number of hydrogen-bond acceptors (Lipinski definition) is 7. The molecule has 9 heteroatoms. The zero-order chi connectivity index (χ0) is 18.4. The highest BCUT2D eigenvalue weighted by atomic mass is 31.2. The third-order valence-corrected chi connectivity index (χ3v) is 5.27. The SMILES string of the molecule is CCOC(=O)c1c(P(=O)(OCC)OCC)nn(-c2ccccc2)c1N. The van der Waals surface area contributed by atoms with Gasteiger partial charge < -0.3 is 19.5 Å². The van der Waals surface area contributed by atoms with E-state index >= 15 is 0 Å². The number of benzene rings is 1. The van der Waals surface area contributed by atoms with Crippen LogP contribution in [0, 0.1) is 0 Å². The number of nitrogens with two attached hydrogens (primary N) is 1. The van der Waals surface area contributed by atoms with E-state index in [0.29, 0.717) is 5.69 Å². The molecule has 0 aliphatic heterocycles. The predicted octanol–water partition coefficient (Wildman–Crippen LogP) is 2.52. The molecule has 0 unspecified atom stereocenters. The summed E-state index contributed by atoms with van der Waals surface area (Å²) in [6.45, 7) is 5.40. The molecule has 1 aromatic heterocycles. The van der Waals surface area contributed by atoms with Gasteiger partial charge in [-0.05, 0) is 32.9 Å². The van der Waals surface area contributed by atoms with Gasteiger partial charge in [0, 0.05) is 0 Å². The van der Waals surface area contributed by atoms with Crippen molar-refractivity contribution >= 4 is 24.8 Å². The fourth-order valence-corrected chi connectivity index (χ4v) is 3.95. The molecule has 25 heavy (non-hydrogen) atoms. The number of nitrogens with zero attached hydrogens (tertiary/aromatic N) is 2. The Hall–Kier alpha value is -2.15. The lowest BCUT2D eigenvalue weighted by molar-refractivity contribution is 0.0528. The zero-order valence-electron chi connectivity index (χ0n) is 14.5. The summed E-state index contributed by atoms with van der Waals surface area (Å²) >= 11 is 0. The van der Waals surface area contributed by atoms with Crippen LogP contribution in [0.4, 0.5) is 5.82 Å². The highest BCUT2D eigenvalue weighted by molar-refractivity contribution is 7.62. The third kappa shape index (κ3) is 3.92. The maximum Gasteiger partial charge on any atom is 0.382 e. The largest absolute Gasteiger partial charge is 0.462 e. The van der Waals surface area contributed by atoms with Crippen molar-refractivity contribution in [1.82, 2.24) is 9.78 Å². The lowest BCUT2D eigenvalue weighted by Crippen LogP contribution is -2.21. The summed E-state index contributed by atoms with van der Waals surface area (Å²) in [4.78, 5) is 12.4. The molecular weight excluding hydrogens is 345 g/mol. The number of carbonyl (C=O) groups is 1. The molecule has 2 rings (SSSR count). The first-order valence-electron chi connectivity index (χ1n) is 7.99. The van der Waals surface area contributed by atoms with Crippen molar-refractivity contribution in [2.24, 2.45) is 0 Å². The monoisotopic (exact) mass is 367 g/mol. The Morgan fingerprint density at radius 2 is 1.72 bits per heavy atom. The fraction of sp³-hybridized carbons (Fsp3) is 0.375. The molecule has 0 radical (unpaired) electrons. The molecule has 2 aromatic rings. The summed E-state index contributed by atoms with van der Waals surface area (Å²) in [5.74, 6) is -0.712. The van der Waals surface area contributed by atoms with Crippen molar-refractivity contribution < 1.29 is 23.1 Å². The van der Waals surface area contributed by atoms with Crippen LogP contribution in [-0.2, 0) is 18.3 Å². The van der Waals surface area contributed by atoms with Gasteiger partial charge in [-0.1, -0.05) is 18.2 Å². The number of rotatable bonds is 8. The Bertz CT molecular complexity index is 766. The molecule has 0 amide bonds. The minimum atomic E-state index is -3.83. The number of esters is 1. The zero-order valence-corrected chi connectivity index (χ0v) is 15.4. The third-order valence-electron chi connectivity index (χ3n) is 3.24. The van der Waals surface area contributed by atoms with Crippen LogP contribution in [0.2, 0.25) is 0 Å². The number of anilines is 1. The van der Waals surface area contributed by atoms with Gasteiger partial charge in [-0.3, -0.25) is 4.57 Å². The molecule has 2 N–H and O–H groups in total. The molecule has 0 fully saturated rings. The summed E-state index contributed by atoms with van der Waals surface area (Å²) < 4.78 is 30.2. The van der Waals surface area contributed by atoms with Crippen molar-refractivity contribution in [3.63, 3.8) is 0 Å². The molecule has 136 valence electrons. The number of aromatic nitrogens is 2. The lowest BCUT2D eigenvalue weighted by Gasteiger charge is -2.15. The van der Waals surface area contributed by atoms with Crippen LogP contribution in [-0.4, -0.2) is 35.6 Å². The van der Waals surface area contributed by atoms with E-state index in [1.54, 1.807) is 45.0 Å². The highest BCUT2D eigenvalue weighted by Crippen LogP contribution is 2.48. The topological polar surface area (TPSA) is 106 Å². The second-order valence-electron chi connectivity index (χ2n) is 4.88. The average Bonchev–Trinajstić information content (AvgIpc) is 2.94. The predicted molar refractivity (Wildman–Crippen MR) is 94.4 cm³/mol. The van der Waals surface area contributed by atoms with Crippen molar-refractivity contribution in [2.45, 2.75) is 20.8 Å². The van der Waals surface area contributed by atoms with E-state index in [2.05, 4.69) is 5.10 Å². The minimum Gasteiger partial charge on any atom is -0.462 e. The van der Waals surface area contributed by atoms with Gasteiger partial charge in [0.05, 0.1) is 25.5 Å². The Balaban J connectivity index is 2.68. The number of nitrogen functional groups attached to an aromatic ring is 1. The Morgan fingerprint density at radius 1 is 1.12 bits per heavy atom. The number of hydrogen-bond donors (Lipinski definition) is 1. The van der Waals surface area contributed by atoms with Crippen LogP contribution in [0.3, 0.4) is 0 Å². The maximum absolute atomic E-state index is 13.2. The van der Waals surface area contributed by atoms with Crippen molar-refractivity contribution in [2.75, 3.05) is 25.6 Å². The molecule has 1 aromatic carbocycles. The van der Waals surface area contributed by atoms with Crippen molar-refractivity contribution in [3.05, 3.63) is 35.9 Å². The van der Waals surface area contributed by atoms with Crippen LogP contribution in [0.15, 0.2) is 30.3 Å². The molecular formula is C16H22N3O5P. The van der Waals surface area contributed by atoms with Crippen molar-refractivity contribution in [3.8, 4) is 5.69 Å². The fourth-order valence-electron chi connectivity index (χ4n) is 2.28. The van der Waals surface area contributed by atoms with E-state index in [1.807, 2.05) is 6.07 Å². The van der Waals surface area contributed by atoms with Gasteiger partial charge in [-0.25, -0.2) is 9.48 Å². The van der Waals surface area contributed by atoms with Crippen LogP contribution in [0.1, 0.15) is 31.1 Å². The van der Waals surface area contributed by atoms with E-state index in [4.69, 9.17) is 19.5 Å². The highest BCUT2D eigenvalue weighted by Gasteiger charge is 2.39. The molecule has 8 nitrogen and oxygen atoms in total. The average molecular weight is 367 g/mol. The summed E-state index contributed by atoms with van der Waals surface area (Å²) in [5, 5.41) is 4.27. The van der Waals surface area contributed by atoms with Crippen molar-refractivity contribution in [1.29, 1.82) is 0 Å². The van der Waals surface area contributed by atoms with E-state index in [0.717, 1.165) is 0 Å². The quantitative estimate of drug-likeness (QED) is 0.564. The van der Waals surface area contributed by atoms with Gasteiger partial charge in [0.25, 0.3) is 0 Å². The minimum absolute atomic E-state index is 0.0132. The molecule has 1 heterocycles. The lowest BCUT2D eigenvalue weighted by atomic mass is 10.3. The first-order chi connectivity index (χ1) is 12.0. The first kappa shape index (κ1) is 19.2. The molecule has 0 saturated heterocycles. The second-order valence-corrected chi connectivity index (χ2v) is 6.82. The van der Waals surface area contributed by atoms with Gasteiger partial charge in [-0.15, -0.1) is 0 Å². The number of para-hydroxylation sites is 1. The number of ether oxygens (including phenoxy) is 1. The summed E-state index contributed by atoms with van der Waals surface area (Å²) in [5.41, 5.74) is 6.49. The standard InChI is InChI=1S/C16H22N3O5P/c1-4-22-16(20)13-14(17)19(12-10-8-7-9-11-12)18-15(13)25(21,23-5-2)24-6-3/h7-11H,4-6,17H2,1-3H3. The summed E-state index contributed by atoms with van der Waals surface area (Å²) in [7, 11) is -3.83. The molecule has 0 atom stereocenters. The van der Waals surface area contributed by atoms with Crippen LogP contribution in [0.5, 0.6) is 0 Å². The summed E-state index contributed by atoms with van der Waals surface area (Å²) in [6, 6.07) is 8.94.